The smallest absolute Gasteiger partial charge is 0.309 e. The van der Waals surface area contributed by atoms with E-state index in [-0.39, 0.29) is 18.0 Å². The largest absolute Gasteiger partial charge is 0.469 e. The van der Waals surface area contributed by atoms with Gasteiger partial charge in [-0.2, -0.15) is 0 Å². The van der Waals surface area contributed by atoms with Gasteiger partial charge in [-0.25, -0.2) is 0 Å². The first-order valence-electron chi connectivity index (χ1n) is 8.22. The Kier molecular flexibility index (Phi) is 6.45. The maximum Gasteiger partial charge on any atom is 0.309 e. The molecule has 0 aromatic carbocycles. The Morgan fingerprint density at radius 3 is 2.81 bits per heavy atom. The zero-order valence-corrected chi connectivity index (χ0v) is 13.7. The number of esters is 1. The number of hydrogen-bond donors (Lipinski definition) is 0. The van der Waals surface area contributed by atoms with Gasteiger partial charge in [0.05, 0.1) is 25.7 Å². The normalized spacial score (nSPS) is 28.8. The fraction of sp³-hybridized carbons (Fsp3) is 0.938. The van der Waals surface area contributed by atoms with Gasteiger partial charge in [-0.3, -0.25) is 14.6 Å². The molecule has 2 rings (SSSR count). The van der Waals surface area contributed by atoms with Gasteiger partial charge in [0.15, 0.2) is 0 Å². The summed E-state index contributed by atoms with van der Waals surface area (Å²) in [6.45, 7) is 11.4. The molecule has 122 valence electrons. The number of carbonyl (C=O) groups excluding carboxylic acids is 1. The molecule has 2 heterocycles. The molecule has 2 atom stereocenters. The van der Waals surface area contributed by atoms with Crippen LogP contribution in [0.3, 0.4) is 0 Å². The van der Waals surface area contributed by atoms with Crippen molar-refractivity contribution in [2.75, 3.05) is 53.0 Å². The van der Waals surface area contributed by atoms with Crippen molar-refractivity contribution in [1.82, 2.24) is 9.80 Å². The van der Waals surface area contributed by atoms with Crippen molar-refractivity contribution in [3.8, 4) is 0 Å². The Morgan fingerprint density at radius 1 is 1.29 bits per heavy atom. The van der Waals surface area contributed by atoms with Crippen molar-refractivity contribution in [2.45, 2.75) is 32.8 Å². The summed E-state index contributed by atoms with van der Waals surface area (Å²) in [5.74, 6) is 0.673. The maximum absolute atomic E-state index is 11.7. The summed E-state index contributed by atoms with van der Waals surface area (Å²) in [6, 6.07) is 0. The van der Waals surface area contributed by atoms with Crippen molar-refractivity contribution >= 4 is 5.97 Å². The van der Waals surface area contributed by atoms with E-state index in [2.05, 4.69) is 23.6 Å². The van der Waals surface area contributed by atoms with E-state index in [0.717, 1.165) is 58.7 Å². The minimum atomic E-state index is -0.0642. The van der Waals surface area contributed by atoms with Crippen LogP contribution in [0.1, 0.15) is 26.7 Å². The van der Waals surface area contributed by atoms with Crippen LogP contribution >= 0.6 is 0 Å². The molecule has 0 radical (unpaired) electrons. The second-order valence-corrected chi connectivity index (χ2v) is 6.77. The van der Waals surface area contributed by atoms with Crippen LogP contribution in [0.4, 0.5) is 0 Å². The molecule has 5 heteroatoms. The minimum absolute atomic E-state index is 0.0408. The quantitative estimate of drug-likeness (QED) is 0.714. The number of methoxy groups -OCH3 is 1. The Balaban J connectivity index is 1.79. The van der Waals surface area contributed by atoms with Gasteiger partial charge in [0.25, 0.3) is 0 Å². The fourth-order valence-corrected chi connectivity index (χ4v) is 3.44. The Hall–Kier alpha value is -0.650. The molecule has 2 aliphatic rings. The van der Waals surface area contributed by atoms with E-state index >= 15 is 0 Å². The molecule has 2 aliphatic heterocycles. The summed E-state index contributed by atoms with van der Waals surface area (Å²) in [7, 11) is 1.48. The number of piperidine rings is 1. The van der Waals surface area contributed by atoms with Crippen molar-refractivity contribution < 1.29 is 14.3 Å². The molecule has 5 nitrogen and oxygen atoms in total. The standard InChI is InChI=1S/C16H30N2O3/c1-13(2)9-18-7-8-21-15(12-18)11-17-6-4-5-14(10-17)16(19)20-3/h13-15H,4-12H2,1-3H3. The first-order chi connectivity index (χ1) is 10.1. The predicted molar refractivity (Wildman–Crippen MR) is 82.2 cm³/mol. The molecule has 0 aromatic rings. The molecule has 2 fully saturated rings. The molecule has 0 saturated carbocycles. The molecule has 0 bridgehead atoms. The molecule has 0 aliphatic carbocycles. The van der Waals surface area contributed by atoms with Gasteiger partial charge >= 0.3 is 5.97 Å². The maximum atomic E-state index is 11.7. The van der Waals surface area contributed by atoms with Gasteiger partial charge in [0, 0.05) is 32.7 Å². The van der Waals surface area contributed by atoms with Crippen molar-refractivity contribution in [3.63, 3.8) is 0 Å². The molecule has 0 spiro atoms. The van der Waals surface area contributed by atoms with Crippen LogP contribution in [-0.4, -0.2) is 74.9 Å². The summed E-state index contributed by atoms with van der Waals surface area (Å²) in [4.78, 5) is 16.6. The molecular weight excluding hydrogens is 268 g/mol. The highest BCUT2D eigenvalue weighted by Crippen LogP contribution is 2.19. The van der Waals surface area contributed by atoms with Crippen LogP contribution in [0, 0.1) is 11.8 Å². The number of likely N-dealkylation sites (tertiary alicyclic amines) is 1. The third kappa shape index (κ3) is 5.24. The second-order valence-electron chi connectivity index (χ2n) is 6.77. The predicted octanol–water partition coefficient (Wildman–Crippen LogP) is 1.23. The molecule has 2 saturated heterocycles. The lowest BCUT2D eigenvalue weighted by Crippen LogP contribution is -2.50. The monoisotopic (exact) mass is 298 g/mol. The SMILES string of the molecule is COC(=O)C1CCCN(CC2CN(CC(C)C)CCO2)C1. The highest BCUT2D eigenvalue weighted by molar-refractivity contribution is 5.72. The zero-order chi connectivity index (χ0) is 15.2. The van der Waals surface area contributed by atoms with Crippen LogP contribution in [0.2, 0.25) is 0 Å². The lowest BCUT2D eigenvalue weighted by molar-refractivity contribution is -0.147. The van der Waals surface area contributed by atoms with E-state index in [1.54, 1.807) is 0 Å². The van der Waals surface area contributed by atoms with Gasteiger partial charge in [0.2, 0.25) is 0 Å². The Bertz CT molecular complexity index is 335. The van der Waals surface area contributed by atoms with Gasteiger partial charge in [-0.1, -0.05) is 13.8 Å². The van der Waals surface area contributed by atoms with Crippen LogP contribution < -0.4 is 0 Å². The van der Waals surface area contributed by atoms with Crippen molar-refractivity contribution in [1.29, 1.82) is 0 Å². The number of rotatable bonds is 5. The molecule has 0 aromatic heterocycles. The third-order valence-electron chi connectivity index (χ3n) is 4.35. The number of morpholine rings is 1. The topological polar surface area (TPSA) is 42.0 Å². The van der Waals surface area contributed by atoms with E-state index < -0.39 is 0 Å². The van der Waals surface area contributed by atoms with E-state index in [0.29, 0.717) is 5.92 Å². The van der Waals surface area contributed by atoms with Crippen LogP contribution in [0.15, 0.2) is 0 Å². The van der Waals surface area contributed by atoms with Crippen molar-refractivity contribution in [2.24, 2.45) is 11.8 Å². The highest BCUT2D eigenvalue weighted by Gasteiger charge is 2.29. The molecule has 0 N–H and O–H groups in total. The van der Waals surface area contributed by atoms with Gasteiger partial charge in [-0.05, 0) is 25.3 Å². The molecule has 0 amide bonds. The number of hydrogen-bond acceptors (Lipinski definition) is 5. The van der Waals surface area contributed by atoms with E-state index in [4.69, 9.17) is 9.47 Å². The minimum Gasteiger partial charge on any atom is -0.469 e. The number of ether oxygens (including phenoxy) is 2. The average molecular weight is 298 g/mol. The lowest BCUT2D eigenvalue weighted by atomic mass is 9.98. The van der Waals surface area contributed by atoms with Gasteiger partial charge in [0.1, 0.15) is 0 Å². The second kappa shape index (κ2) is 8.11. The summed E-state index contributed by atoms with van der Waals surface area (Å²) in [6.07, 6.45) is 2.30. The first kappa shape index (κ1) is 16.7. The summed E-state index contributed by atoms with van der Waals surface area (Å²) in [5, 5.41) is 0. The van der Waals surface area contributed by atoms with Gasteiger partial charge < -0.3 is 9.47 Å². The van der Waals surface area contributed by atoms with Crippen LogP contribution in [0.25, 0.3) is 0 Å². The van der Waals surface area contributed by atoms with Crippen LogP contribution in [-0.2, 0) is 14.3 Å². The number of nitrogens with zero attached hydrogens (tertiary/aromatic N) is 2. The van der Waals surface area contributed by atoms with E-state index in [1.165, 1.54) is 7.11 Å². The van der Waals surface area contributed by atoms with Gasteiger partial charge in [-0.15, -0.1) is 0 Å². The fourth-order valence-electron chi connectivity index (χ4n) is 3.44. The Labute approximate surface area is 128 Å². The lowest BCUT2D eigenvalue weighted by Gasteiger charge is -2.38. The average Bonchev–Trinajstić information content (AvgIpc) is 2.46. The Morgan fingerprint density at radius 2 is 2.10 bits per heavy atom. The first-order valence-corrected chi connectivity index (χ1v) is 8.22. The molecule has 21 heavy (non-hydrogen) atoms. The summed E-state index contributed by atoms with van der Waals surface area (Å²) >= 11 is 0. The van der Waals surface area contributed by atoms with Crippen molar-refractivity contribution in [3.05, 3.63) is 0 Å². The van der Waals surface area contributed by atoms with E-state index in [9.17, 15) is 4.79 Å². The zero-order valence-electron chi connectivity index (χ0n) is 13.7. The van der Waals surface area contributed by atoms with E-state index in [1.807, 2.05) is 0 Å². The third-order valence-corrected chi connectivity index (χ3v) is 4.35. The number of carbonyl (C=O) groups is 1. The molecule has 2 unspecified atom stereocenters. The summed E-state index contributed by atoms with van der Waals surface area (Å²) in [5.41, 5.74) is 0. The highest BCUT2D eigenvalue weighted by atomic mass is 16.5. The molecular formula is C16H30N2O3. The van der Waals surface area contributed by atoms with Crippen LogP contribution in [0.5, 0.6) is 0 Å². The summed E-state index contributed by atoms with van der Waals surface area (Å²) < 4.78 is 10.8.